The highest BCUT2D eigenvalue weighted by Gasteiger charge is 2.17. The van der Waals surface area contributed by atoms with Crippen molar-refractivity contribution in [1.82, 2.24) is 4.57 Å². The van der Waals surface area contributed by atoms with E-state index in [1.807, 2.05) is 55.7 Å². The largest absolute Gasteiger partial charge is 0.480 e. The van der Waals surface area contributed by atoms with Crippen LogP contribution < -0.4 is 0 Å². The van der Waals surface area contributed by atoms with Crippen LogP contribution in [0, 0.1) is 20.8 Å². The van der Waals surface area contributed by atoms with Crippen molar-refractivity contribution >= 4 is 40.2 Å². The molecule has 0 saturated carbocycles. The molecule has 0 saturated heterocycles. The fraction of sp³-hybridized carbons (Fsp3) is 0.211. The van der Waals surface area contributed by atoms with Crippen LogP contribution >= 0.6 is 23.4 Å². The van der Waals surface area contributed by atoms with Gasteiger partial charge in [-0.05, 0) is 56.7 Å². The predicted molar refractivity (Wildman–Crippen MR) is 99.4 cm³/mol. The molecule has 0 spiro atoms. The van der Waals surface area contributed by atoms with Crippen LogP contribution in [0.25, 0.3) is 10.9 Å². The third-order valence-electron chi connectivity index (χ3n) is 4.06. The van der Waals surface area contributed by atoms with Crippen LogP contribution in [0.1, 0.15) is 16.8 Å². The van der Waals surface area contributed by atoms with Gasteiger partial charge in [0.2, 0.25) is 0 Å². The highest BCUT2D eigenvalue weighted by atomic mass is 35.5. The molecule has 2 aromatic carbocycles. The molecular weight excluding hydrogens is 342 g/mol. The first kappa shape index (κ1) is 16.9. The number of rotatable bonds is 4. The van der Waals surface area contributed by atoms with Crippen LogP contribution in [-0.4, -0.2) is 15.6 Å². The second-order valence-corrected chi connectivity index (χ2v) is 7.42. The molecule has 0 atom stereocenters. The third-order valence-corrected chi connectivity index (χ3v) is 5.70. The molecule has 0 aliphatic heterocycles. The first-order chi connectivity index (χ1) is 11.4. The van der Waals surface area contributed by atoms with Crippen molar-refractivity contribution in [3.63, 3.8) is 0 Å². The van der Waals surface area contributed by atoms with Crippen LogP contribution in [0.5, 0.6) is 0 Å². The second-order valence-electron chi connectivity index (χ2n) is 5.93. The van der Waals surface area contributed by atoms with Gasteiger partial charge < -0.3 is 9.67 Å². The molecular formula is C19H18ClNO2S. The SMILES string of the molecule is Cc1ccc2c(c1)c(Sc1ccc(Cl)cc1C)c(C)n2CC(=O)O. The number of fused-ring (bicyclic) bond motifs is 1. The first-order valence-electron chi connectivity index (χ1n) is 7.62. The van der Waals surface area contributed by atoms with Crippen LogP contribution in [0.15, 0.2) is 46.2 Å². The van der Waals surface area contributed by atoms with Gasteiger partial charge in [0.15, 0.2) is 0 Å². The maximum absolute atomic E-state index is 11.2. The van der Waals surface area contributed by atoms with E-state index in [2.05, 4.69) is 6.07 Å². The number of aliphatic carboxylic acids is 1. The van der Waals surface area contributed by atoms with Gasteiger partial charge in [0.05, 0.1) is 0 Å². The van der Waals surface area contributed by atoms with Gasteiger partial charge in [-0.3, -0.25) is 4.79 Å². The number of aromatic nitrogens is 1. The molecule has 124 valence electrons. The molecule has 3 nitrogen and oxygen atoms in total. The molecule has 0 aliphatic rings. The van der Waals surface area contributed by atoms with Gasteiger partial charge >= 0.3 is 5.97 Å². The normalized spacial score (nSPS) is 11.2. The molecule has 0 unspecified atom stereocenters. The van der Waals surface area contributed by atoms with Crippen molar-refractivity contribution in [2.24, 2.45) is 0 Å². The summed E-state index contributed by atoms with van der Waals surface area (Å²) in [5.41, 5.74) is 4.19. The molecule has 1 heterocycles. The highest BCUT2D eigenvalue weighted by molar-refractivity contribution is 7.99. The first-order valence-corrected chi connectivity index (χ1v) is 8.81. The van der Waals surface area contributed by atoms with E-state index in [9.17, 15) is 9.90 Å². The standard InChI is InChI=1S/C19H18ClNO2S/c1-11-4-6-16-15(8-11)19(13(3)21(16)10-18(22)23)24-17-7-5-14(20)9-12(17)2/h4-9H,10H2,1-3H3,(H,22,23). The van der Waals surface area contributed by atoms with Crippen molar-refractivity contribution in [3.05, 3.63) is 58.2 Å². The van der Waals surface area contributed by atoms with E-state index in [1.54, 1.807) is 11.8 Å². The number of hydrogen-bond acceptors (Lipinski definition) is 2. The van der Waals surface area contributed by atoms with Gasteiger partial charge in [-0.25, -0.2) is 0 Å². The Hall–Kier alpha value is -1.91. The Bertz CT molecular complexity index is 946. The van der Waals surface area contributed by atoms with E-state index in [-0.39, 0.29) is 6.54 Å². The monoisotopic (exact) mass is 359 g/mol. The molecule has 1 aromatic heterocycles. The van der Waals surface area contributed by atoms with Crippen molar-refractivity contribution in [1.29, 1.82) is 0 Å². The summed E-state index contributed by atoms with van der Waals surface area (Å²) in [5, 5.41) is 11.0. The van der Waals surface area contributed by atoms with Crippen LogP contribution in [0.2, 0.25) is 5.02 Å². The van der Waals surface area contributed by atoms with Crippen molar-refractivity contribution < 1.29 is 9.90 Å². The van der Waals surface area contributed by atoms with Crippen molar-refractivity contribution in [2.75, 3.05) is 0 Å². The number of aryl methyl sites for hydroxylation is 2. The zero-order chi connectivity index (χ0) is 17.4. The number of halogens is 1. The van der Waals surface area contributed by atoms with E-state index in [0.29, 0.717) is 0 Å². The Morgan fingerprint density at radius 3 is 2.58 bits per heavy atom. The lowest BCUT2D eigenvalue weighted by molar-refractivity contribution is -0.137. The van der Waals surface area contributed by atoms with Gasteiger partial charge in [0.1, 0.15) is 6.54 Å². The van der Waals surface area contributed by atoms with Gasteiger partial charge in [-0.1, -0.05) is 35.0 Å². The molecule has 0 amide bonds. The zero-order valence-electron chi connectivity index (χ0n) is 13.8. The molecule has 24 heavy (non-hydrogen) atoms. The van der Waals surface area contributed by atoms with E-state index < -0.39 is 5.97 Å². The zero-order valence-corrected chi connectivity index (χ0v) is 15.3. The summed E-state index contributed by atoms with van der Waals surface area (Å²) < 4.78 is 1.87. The molecule has 0 aliphatic carbocycles. The van der Waals surface area contributed by atoms with E-state index >= 15 is 0 Å². The van der Waals surface area contributed by atoms with Crippen LogP contribution in [0.4, 0.5) is 0 Å². The number of carboxylic acid groups (broad SMARTS) is 1. The minimum atomic E-state index is -0.838. The van der Waals surface area contributed by atoms with E-state index in [4.69, 9.17) is 11.6 Å². The minimum Gasteiger partial charge on any atom is -0.480 e. The number of benzene rings is 2. The average Bonchev–Trinajstić information content (AvgIpc) is 2.74. The van der Waals surface area contributed by atoms with Crippen molar-refractivity contribution in [2.45, 2.75) is 37.1 Å². The number of nitrogens with zero attached hydrogens (tertiary/aromatic N) is 1. The lowest BCUT2D eigenvalue weighted by Gasteiger charge is -2.07. The molecule has 5 heteroatoms. The fourth-order valence-corrected chi connectivity index (χ4v) is 4.20. The third kappa shape index (κ3) is 3.17. The van der Waals surface area contributed by atoms with Gasteiger partial charge in [-0.2, -0.15) is 0 Å². The number of carbonyl (C=O) groups is 1. The lowest BCUT2D eigenvalue weighted by Crippen LogP contribution is -2.09. The summed E-state index contributed by atoms with van der Waals surface area (Å²) in [6.07, 6.45) is 0. The quantitative estimate of drug-likeness (QED) is 0.672. The number of hydrogen-bond donors (Lipinski definition) is 1. The van der Waals surface area contributed by atoms with E-state index in [0.717, 1.165) is 42.5 Å². The summed E-state index contributed by atoms with van der Waals surface area (Å²) in [5.74, 6) is -0.838. The molecule has 0 fully saturated rings. The number of carboxylic acids is 1. The molecule has 0 radical (unpaired) electrons. The summed E-state index contributed by atoms with van der Waals surface area (Å²) in [6.45, 7) is 6.02. The lowest BCUT2D eigenvalue weighted by atomic mass is 10.2. The van der Waals surface area contributed by atoms with Gasteiger partial charge in [0, 0.05) is 31.4 Å². The summed E-state index contributed by atoms with van der Waals surface area (Å²) in [7, 11) is 0. The fourth-order valence-electron chi connectivity index (χ4n) is 2.87. The van der Waals surface area contributed by atoms with Crippen LogP contribution in [-0.2, 0) is 11.3 Å². The van der Waals surface area contributed by atoms with Gasteiger partial charge in [0.25, 0.3) is 0 Å². The highest BCUT2D eigenvalue weighted by Crippen LogP contribution is 2.40. The second kappa shape index (κ2) is 6.54. The molecule has 3 rings (SSSR count). The summed E-state index contributed by atoms with van der Waals surface area (Å²) in [4.78, 5) is 13.5. The predicted octanol–water partition coefficient (Wildman–Crippen LogP) is 5.46. The Balaban J connectivity index is 2.17. The summed E-state index contributed by atoms with van der Waals surface area (Å²) >= 11 is 7.71. The molecule has 1 N–H and O–H groups in total. The van der Waals surface area contributed by atoms with E-state index in [1.165, 1.54) is 0 Å². The maximum Gasteiger partial charge on any atom is 0.323 e. The average molecular weight is 360 g/mol. The van der Waals surface area contributed by atoms with Crippen molar-refractivity contribution in [3.8, 4) is 0 Å². The smallest absolute Gasteiger partial charge is 0.323 e. The Labute approximate surface area is 150 Å². The molecule has 3 aromatic rings. The molecule has 0 bridgehead atoms. The minimum absolute atomic E-state index is 0.0362. The summed E-state index contributed by atoms with van der Waals surface area (Å²) in [6, 6.07) is 12.0. The maximum atomic E-state index is 11.2. The Morgan fingerprint density at radius 2 is 1.92 bits per heavy atom. The van der Waals surface area contributed by atoms with Crippen LogP contribution in [0.3, 0.4) is 0 Å². The topological polar surface area (TPSA) is 42.2 Å². The Morgan fingerprint density at radius 1 is 1.17 bits per heavy atom. The Kier molecular flexibility index (Phi) is 4.61. The van der Waals surface area contributed by atoms with Gasteiger partial charge in [-0.15, -0.1) is 0 Å².